The van der Waals surface area contributed by atoms with Crippen molar-refractivity contribution in [3.8, 4) is 11.5 Å². The first-order chi connectivity index (χ1) is 17.4. The summed E-state index contributed by atoms with van der Waals surface area (Å²) in [7, 11) is -3.51. The van der Waals surface area contributed by atoms with Crippen molar-refractivity contribution in [2.75, 3.05) is 0 Å². The van der Waals surface area contributed by atoms with Gasteiger partial charge in [0.05, 0.1) is 27.5 Å². The predicted octanol–water partition coefficient (Wildman–Crippen LogP) is 8.03. The van der Waals surface area contributed by atoms with Gasteiger partial charge in [0.2, 0.25) is 0 Å². The molecule has 0 heterocycles. The molecule has 202 valence electrons. The minimum Gasteiger partial charge on any atom is -0.507 e. The van der Waals surface area contributed by atoms with Crippen LogP contribution in [0.2, 0.25) is 36.3 Å². The quantitative estimate of drug-likeness (QED) is 0.244. The second-order valence-electron chi connectivity index (χ2n) is 13.3. The van der Waals surface area contributed by atoms with Gasteiger partial charge in [0.15, 0.2) is 0 Å². The topological polar surface area (TPSA) is 65.2 Å². The normalized spacial score (nSPS) is 13.5. The lowest BCUT2D eigenvalue weighted by Crippen LogP contribution is -2.49. The lowest BCUT2D eigenvalue weighted by molar-refractivity contribution is 0.474. The number of phenolic OH excluding ortho intramolecular Hbond substituents is 2. The van der Waals surface area contributed by atoms with Crippen LogP contribution in [0.5, 0.6) is 11.5 Å². The first-order valence-corrected chi connectivity index (χ1v) is 19.3. The SMILES string of the molecule is CC(C)(C)[Si](C)(C)c1ccc(O)c(C=Nc2ccccc2N=Cc2cc([Si](C)(C)C(C)(C)C)ccc2O)c1. The maximum atomic E-state index is 10.6. The van der Waals surface area contributed by atoms with Crippen molar-refractivity contribution < 1.29 is 10.2 Å². The van der Waals surface area contributed by atoms with Crippen molar-refractivity contribution in [2.24, 2.45) is 9.98 Å². The molecule has 0 aromatic heterocycles. The molecule has 2 N–H and O–H groups in total. The van der Waals surface area contributed by atoms with Crippen LogP contribution in [0, 0.1) is 0 Å². The van der Waals surface area contributed by atoms with Gasteiger partial charge in [0.25, 0.3) is 0 Å². The lowest BCUT2D eigenvalue weighted by Gasteiger charge is -2.37. The molecule has 6 heteroatoms. The van der Waals surface area contributed by atoms with Crippen LogP contribution in [0.15, 0.2) is 70.6 Å². The highest BCUT2D eigenvalue weighted by Crippen LogP contribution is 2.37. The number of benzene rings is 3. The molecule has 0 atom stereocenters. The fourth-order valence-corrected chi connectivity index (χ4v) is 7.68. The second-order valence-corrected chi connectivity index (χ2v) is 24.0. The van der Waals surface area contributed by atoms with Crippen LogP contribution in [0.3, 0.4) is 0 Å². The van der Waals surface area contributed by atoms with Crippen LogP contribution in [-0.2, 0) is 0 Å². The van der Waals surface area contributed by atoms with Crippen LogP contribution < -0.4 is 10.4 Å². The number of aromatic hydroxyl groups is 2. The number of rotatable bonds is 6. The van der Waals surface area contributed by atoms with E-state index in [0.29, 0.717) is 22.5 Å². The molecule has 0 unspecified atom stereocenters. The minimum atomic E-state index is -1.76. The third-order valence-corrected chi connectivity index (χ3v) is 19.8. The number of hydrogen-bond donors (Lipinski definition) is 2. The summed E-state index contributed by atoms with van der Waals surface area (Å²) in [6, 6.07) is 19.5. The van der Waals surface area contributed by atoms with E-state index in [1.807, 2.05) is 36.4 Å². The third kappa shape index (κ3) is 6.18. The smallest absolute Gasteiger partial charge is 0.124 e. The molecular weight excluding hydrogens is 501 g/mol. The molecule has 0 aliphatic heterocycles. The highest BCUT2D eigenvalue weighted by Gasteiger charge is 2.37. The Morgan fingerprint density at radius 3 is 1.24 bits per heavy atom. The van der Waals surface area contributed by atoms with Gasteiger partial charge in [0, 0.05) is 23.6 Å². The molecule has 38 heavy (non-hydrogen) atoms. The standard InChI is InChI=1S/C32H44N2O2Si2/c1-31(2,3)37(7,8)25-15-17-29(35)23(19-25)21-33-27-13-11-12-14-28(27)34-22-24-20-26(16-18-30(24)36)38(9,10)32(4,5)6/h11-22,35-36H,1-10H3. The molecule has 3 aromatic rings. The van der Waals surface area contributed by atoms with E-state index in [1.165, 1.54) is 10.4 Å². The predicted molar refractivity (Wildman–Crippen MR) is 171 cm³/mol. The molecule has 0 spiro atoms. The van der Waals surface area contributed by atoms with Gasteiger partial charge >= 0.3 is 0 Å². The van der Waals surface area contributed by atoms with Crippen LogP contribution in [0.4, 0.5) is 11.4 Å². The highest BCUT2D eigenvalue weighted by atomic mass is 28.3. The summed E-state index contributed by atoms with van der Waals surface area (Å²) in [4.78, 5) is 9.41. The van der Waals surface area contributed by atoms with E-state index in [-0.39, 0.29) is 21.6 Å². The number of para-hydroxylation sites is 2. The van der Waals surface area contributed by atoms with Gasteiger partial charge in [0.1, 0.15) is 11.5 Å². The number of aliphatic imine (C=N–C) groups is 2. The fraction of sp³-hybridized carbons (Fsp3) is 0.375. The maximum Gasteiger partial charge on any atom is 0.124 e. The van der Waals surface area contributed by atoms with Gasteiger partial charge < -0.3 is 10.2 Å². The first kappa shape index (κ1) is 29.6. The first-order valence-electron chi connectivity index (χ1n) is 13.3. The van der Waals surface area contributed by atoms with Crippen molar-refractivity contribution in [1.82, 2.24) is 0 Å². The van der Waals surface area contributed by atoms with E-state index in [1.54, 1.807) is 24.6 Å². The molecule has 0 amide bonds. The fourth-order valence-electron chi connectivity index (χ4n) is 3.92. The lowest BCUT2D eigenvalue weighted by atomic mass is 10.2. The van der Waals surface area contributed by atoms with Crippen LogP contribution in [-0.4, -0.2) is 38.8 Å². The average molecular weight is 545 g/mol. The summed E-state index contributed by atoms with van der Waals surface area (Å²) in [5, 5.41) is 24.0. The third-order valence-electron chi connectivity index (χ3n) is 8.82. The molecule has 0 fully saturated rings. The zero-order chi connectivity index (χ0) is 28.5. The van der Waals surface area contributed by atoms with Crippen molar-refractivity contribution in [3.05, 3.63) is 71.8 Å². The van der Waals surface area contributed by atoms with E-state index in [4.69, 9.17) is 9.98 Å². The molecule has 0 saturated heterocycles. The number of nitrogens with zero attached hydrogens (tertiary/aromatic N) is 2. The zero-order valence-electron chi connectivity index (χ0n) is 24.7. The van der Waals surface area contributed by atoms with Gasteiger partial charge in [-0.1, -0.05) is 115 Å². The van der Waals surface area contributed by atoms with Crippen LogP contribution >= 0.6 is 0 Å². The minimum absolute atomic E-state index is 0.188. The van der Waals surface area contributed by atoms with E-state index >= 15 is 0 Å². The Hall–Kier alpha value is -2.97. The number of hydrogen-bond acceptors (Lipinski definition) is 4. The average Bonchev–Trinajstić information content (AvgIpc) is 2.82. The summed E-state index contributed by atoms with van der Waals surface area (Å²) in [5.74, 6) is 0.425. The second kappa shape index (κ2) is 10.7. The Morgan fingerprint density at radius 1 is 0.579 bits per heavy atom. The molecule has 0 aliphatic carbocycles. The highest BCUT2D eigenvalue weighted by molar-refractivity contribution is 6.92. The summed E-state index contributed by atoms with van der Waals surface area (Å²) < 4.78 is 0. The molecule has 3 aromatic carbocycles. The summed E-state index contributed by atoms with van der Waals surface area (Å²) >= 11 is 0. The molecule has 4 nitrogen and oxygen atoms in total. The van der Waals surface area contributed by atoms with Gasteiger partial charge in [-0.2, -0.15) is 0 Å². The van der Waals surface area contributed by atoms with Crippen molar-refractivity contribution >= 4 is 50.3 Å². The Labute approximate surface area is 231 Å². The summed E-state index contributed by atoms with van der Waals surface area (Å²) in [6.07, 6.45) is 3.44. The van der Waals surface area contributed by atoms with Crippen LogP contribution in [0.25, 0.3) is 0 Å². The zero-order valence-corrected chi connectivity index (χ0v) is 26.7. The molecule has 3 rings (SSSR count). The monoisotopic (exact) mass is 544 g/mol. The Kier molecular flexibility index (Phi) is 8.30. The number of phenols is 2. The van der Waals surface area contributed by atoms with Gasteiger partial charge in [-0.05, 0) is 34.3 Å². The Bertz CT molecular complexity index is 1260. The Balaban J connectivity index is 1.96. The van der Waals surface area contributed by atoms with Crippen LogP contribution in [0.1, 0.15) is 52.7 Å². The molecular formula is C32H44N2O2Si2. The molecule has 0 bridgehead atoms. The van der Waals surface area contributed by atoms with Gasteiger partial charge in [-0.15, -0.1) is 0 Å². The molecule has 0 aliphatic rings. The van der Waals surface area contributed by atoms with Crippen molar-refractivity contribution in [1.29, 1.82) is 0 Å². The molecule has 0 saturated carbocycles. The van der Waals surface area contributed by atoms with E-state index in [0.717, 1.165) is 0 Å². The van der Waals surface area contributed by atoms with Crippen molar-refractivity contribution in [3.63, 3.8) is 0 Å². The summed E-state index contributed by atoms with van der Waals surface area (Å²) in [6.45, 7) is 23.2. The van der Waals surface area contributed by atoms with Gasteiger partial charge in [-0.3, -0.25) is 9.98 Å². The van der Waals surface area contributed by atoms with E-state index in [9.17, 15) is 10.2 Å². The van der Waals surface area contributed by atoms with Gasteiger partial charge in [-0.25, -0.2) is 0 Å². The van der Waals surface area contributed by atoms with E-state index in [2.05, 4.69) is 79.9 Å². The van der Waals surface area contributed by atoms with E-state index < -0.39 is 16.1 Å². The maximum absolute atomic E-state index is 10.6. The van der Waals surface area contributed by atoms with Crippen molar-refractivity contribution in [2.45, 2.75) is 77.8 Å². The largest absolute Gasteiger partial charge is 0.507 e. The Morgan fingerprint density at radius 2 is 0.921 bits per heavy atom. The summed E-state index contributed by atoms with van der Waals surface area (Å²) in [5.41, 5.74) is 2.79. The molecule has 0 radical (unpaired) electrons.